The quantitative estimate of drug-likeness (QED) is 0.787. The van der Waals surface area contributed by atoms with Crippen molar-refractivity contribution in [3.05, 3.63) is 45.2 Å². The summed E-state index contributed by atoms with van der Waals surface area (Å²) in [6, 6.07) is 10.8. The molecule has 0 aliphatic rings. The fraction of sp³-hybridized carbons (Fsp3) is 0.154. The number of rotatable bonds is 1. The van der Waals surface area contributed by atoms with Gasteiger partial charge in [-0.05, 0) is 6.07 Å². The van der Waals surface area contributed by atoms with E-state index in [9.17, 15) is 4.79 Å². The summed E-state index contributed by atoms with van der Waals surface area (Å²) in [6.45, 7) is 0. The number of hydrogen-bond acceptors (Lipinski definition) is 3. The Hall–Kier alpha value is -2.30. The average Bonchev–Trinajstić information content (AvgIpc) is 2.41. The molecule has 0 saturated carbocycles. The summed E-state index contributed by atoms with van der Waals surface area (Å²) in [4.78, 5) is 12.0. The number of halogens is 1. The van der Waals surface area contributed by atoms with E-state index in [1.54, 1.807) is 31.3 Å². The van der Waals surface area contributed by atoms with Crippen molar-refractivity contribution in [2.45, 2.75) is 5.92 Å². The van der Waals surface area contributed by atoms with Gasteiger partial charge in [0.25, 0.3) is 5.56 Å². The monoisotopic (exact) mass is 257 g/mol. The van der Waals surface area contributed by atoms with Crippen LogP contribution in [0.15, 0.2) is 29.1 Å². The minimum atomic E-state index is -1.05. The molecule has 5 heteroatoms. The number of nitriles is 2. The Labute approximate surface area is 108 Å². The van der Waals surface area contributed by atoms with Gasteiger partial charge in [0.05, 0.1) is 17.7 Å². The standard InChI is InChI=1S/C13H8ClN3O/c1-17-10-5-3-2-4-9(10)11(8(6-15)7-16)12(14)13(17)18/h2-5,8H,1H3. The molecule has 0 atom stereocenters. The zero-order valence-corrected chi connectivity index (χ0v) is 10.3. The van der Waals surface area contributed by atoms with Crippen molar-refractivity contribution in [3.8, 4) is 12.1 Å². The van der Waals surface area contributed by atoms with E-state index in [1.165, 1.54) is 4.57 Å². The van der Waals surface area contributed by atoms with Gasteiger partial charge >= 0.3 is 0 Å². The summed E-state index contributed by atoms with van der Waals surface area (Å²) in [5, 5.41) is 18.6. The Balaban J connectivity index is 3.03. The molecule has 0 spiro atoms. The van der Waals surface area contributed by atoms with Crippen LogP contribution >= 0.6 is 11.6 Å². The second-order valence-corrected chi connectivity index (χ2v) is 4.18. The van der Waals surface area contributed by atoms with E-state index in [0.29, 0.717) is 16.5 Å². The minimum absolute atomic E-state index is 0.0655. The lowest BCUT2D eigenvalue weighted by Crippen LogP contribution is -2.20. The van der Waals surface area contributed by atoms with Crippen LogP contribution < -0.4 is 5.56 Å². The molecule has 2 rings (SSSR count). The van der Waals surface area contributed by atoms with Crippen LogP contribution in [-0.2, 0) is 7.05 Å². The first-order valence-corrected chi connectivity index (χ1v) is 5.56. The fourth-order valence-corrected chi connectivity index (χ4v) is 2.26. The van der Waals surface area contributed by atoms with Gasteiger partial charge in [-0.2, -0.15) is 10.5 Å². The van der Waals surface area contributed by atoms with E-state index in [0.717, 1.165) is 0 Å². The summed E-state index contributed by atoms with van der Waals surface area (Å²) in [7, 11) is 1.61. The Morgan fingerprint density at radius 3 is 2.50 bits per heavy atom. The van der Waals surface area contributed by atoms with E-state index in [1.807, 2.05) is 12.1 Å². The van der Waals surface area contributed by atoms with Gasteiger partial charge in [0.2, 0.25) is 0 Å². The summed E-state index contributed by atoms with van der Waals surface area (Å²) < 4.78 is 1.41. The van der Waals surface area contributed by atoms with Crippen molar-refractivity contribution < 1.29 is 0 Å². The molecule has 0 amide bonds. The number of nitrogens with zero attached hydrogens (tertiary/aromatic N) is 3. The van der Waals surface area contributed by atoms with Gasteiger partial charge in [0.15, 0.2) is 5.92 Å². The number of hydrogen-bond donors (Lipinski definition) is 0. The lowest BCUT2D eigenvalue weighted by atomic mass is 9.97. The van der Waals surface area contributed by atoms with Crippen LogP contribution in [0.2, 0.25) is 5.02 Å². The number of benzene rings is 1. The molecule has 0 aliphatic heterocycles. The maximum Gasteiger partial charge on any atom is 0.269 e. The highest BCUT2D eigenvalue weighted by Crippen LogP contribution is 2.29. The van der Waals surface area contributed by atoms with Gasteiger partial charge in [0, 0.05) is 18.0 Å². The third kappa shape index (κ3) is 1.64. The molecule has 1 aromatic carbocycles. The summed E-state index contributed by atoms with van der Waals surface area (Å²) in [5.74, 6) is -1.05. The van der Waals surface area contributed by atoms with E-state index in [2.05, 4.69) is 0 Å². The Morgan fingerprint density at radius 1 is 1.28 bits per heavy atom. The predicted molar refractivity (Wildman–Crippen MR) is 68.2 cm³/mol. The van der Waals surface area contributed by atoms with Crippen molar-refractivity contribution in [2.24, 2.45) is 7.05 Å². The van der Waals surface area contributed by atoms with Gasteiger partial charge in [-0.15, -0.1) is 0 Å². The van der Waals surface area contributed by atoms with Crippen LogP contribution in [0.3, 0.4) is 0 Å². The van der Waals surface area contributed by atoms with E-state index in [-0.39, 0.29) is 5.02 Å². The van der Waals surface area contributed by atoms with Gasteiger partial charge in [-0.1, -0.05) is 29.8 Å². The third-order valence-electron chi connectivity index (χ3n) is 2.83. The lowest BCUT2D eigenvalue weighted by Gasteiger charge is -2.12. The molecular formula is C13H8ClN3O. The van der Waals surface area contributed by atoms with Gasteiger partial charge in [-0.3, -0.25) is 4.79 Å². The molecule has 0 saturated heterocycles. The second kappa shape index (κ2) is 4.52. The van der Waals surface area contributed by atoms with Crippen LogP contribution in [0.1, 0.15) is 11.5 Å². The van der Waals surface area contributed by atoms with Crippen LogP contribution in [0.25, 0.3) is 10.9 Å². The van der Waals surface area contributed by atoms with Crippen LogP contribution in [0, 0.1) is 22.7 Å². The largest absolute Gasteiger partial charge is 0.310 e. The van der Waals surface area contributed by atoms with Crippen molar-refractivity contribution in [2.75, 3.05) is 0 Å². The maximum atomic E-state index is 12.0. The van der Waals surface area contributed by atoms with Crippen molar-refractivity contribution in [3.63, 3.8) is 0 Å². The van der Waals surface area contributed by atoms with Gasteiger partial charge in [-0.25, -0.2) is 0 Å². The highest BCUT2D eigenvalue weighted by atomic mass is 35.5. The zero-order valence-electron chi connectivity index (χ0n) is 9.51. The van der Waals surface area contributed by atoms with Crippen molar-refractivity contribution in [1.29, 1.82) is 10.5 Å². The topological polar surface area (TPSA) is 69.6 Å². The summed E-state index contributed by atoms with van der Waals surface area (Å²) in [5.41, 5.74) is 0.540. The summed E-state index contributed by atoms with van der Waals surface area (Å²) >= 11 is 5.99. The Kier molecular flexibility index (Phi) is 3.06. The third-order valence-corrected chi connectivity index (χ3v) is 3.20. The number of fused-ring (bicyclic) bond motifs is 1. The molecule has 0 fully saturated rings. The normalized spacial score (nSPS) is 10.3. The molecule has 0 unspecified atom stereocenters. The highest BCUT2D eigenvalue weighted by Gasteiger charge is 2.20. The SMILES string of the molecule is Cn1c(=O)c(Cl)c(C(C#N)C#N)c2ccccc21. The average molecular weight is 258 g/mol. The van der Waals surface area contributed by atoms with Crippen LogP contribution in [-0.4, -0.2) is 4.57 Å². The molecule has 0 N–H and O–H groups in total. The molecule has 18 heavy (non-hydrogen) atoms. The number of aryl methyl sites for hydroxylation is 1. The maximum absolute atomic E-state index is 12.0. The minimum Gasteiger partial charge on any atom is -0.310 e. The Bertz CT molecular complexity index is 751. The lowest BCUT2D eigenvalue weighted by molar-refractivity contribution is 0.897. The number of pyridine rings is 1. The predicted octanol–water partition coefficient (Wildman–Crippen LogP) is 2.32. The van der Waals surface area contributed by atoms with Gasteiger partial charge in [0.1, 0.15) is 5.02 Å². The van der Waals surface area contributed by atoms with E-state index >= 15 is 0 Å². The van der Waals surface area contributed by atoms with Crippen LogP contribution in [0.4, 0.5) is 0 Å². The molecule has 2 aromatic rings. The molecule has 1 heterocycles. The summed E-state index contributed by atoms with van der Waals surface area (Å²) in [6.07, 6.45) is 0. The van der Waals surface area contributed by atoms with E-state index < -0.39 is 11.5 Å². The molecule has 1 aromatic heterocycles. The highest BCUT2D eigenvalue weighted by molar-refractivity contribution is 6.32. The molecule has 0 aliphatic carbocycles. The van der Waals surface area contributed by atoms with Crippen molar-refractivity contribution in [1.82, 2.24) is 4.57 Å². The number of para-hydroxylation sites is 1. The smallest absolute Gasteiger partial charge is 0.269 e. The zero-order chi connectivity index (χ0) is 13.3. The van der Waals surface area contributed by atoms with Crippen molar-refractivity contribution >= 4 is 22.5 Å². The molecule has 0 bridgehead atoms. The fourth-order valence-electron chi connectivity index (χ4n) is 1.92. The molecular weight excluding hydrogens is 250 g/mol. The second-order valence-electron chi connectivity index (χ2n) is 3.80. The Morgan fingerprint density at radius 2 is 1.89 bits per heavy atom. The van der Waals surface area contributed by atoms with E-state index in [4.69, 9.17) is 22.1 Å². The van der Waals surface area contributed by atoms with Crippen LogP contribution in [0.5, 0.6) is 0 Å². The van der Waals surface area contributed by atoms with Gasteiger partial charge < -0.3 is 4.57 Å². The molecule has 4 nitrogen and oxygen atoms in total. The molecule has 88 valence electrons. The first-order valence-electron chi connectivity index (χ1n) is 5.18. The first kappa shape index (κ1) is 12.2. The number of aromatic nitrogens is 1. The first-order chi connectivity index (χ1) is 8.61. The molecule has 0 radical (unpaired) electrons.